The lowest BCUT2D eigenvalue weighted by molar-refractivity contribution is 0.0887. The fourth-order valence-corrected chi connectivity index (χ4v) is 4.93. The van der Waals surface area contributed by atoms with Crippen LogP contribution < -0.4 is 10.1 Å². The largest absolute Gasteiger partial charge is 0.511 e. The summed E-state index contributed by atoms with van der Waals surface area (Å²) < 4.78 is 6.69. The van der Waals surface area contributed by atoms with Crippen LogP contribution >= 0.6 is 11.6 Å². The minimum absolute atomic E-state index is 0.0299. The number of halogens is 1. The summed E-state index contributed by atoms with van der Waals surface area (Å²) in [5.41, 5.74) is 2.35. The number of hydrogen-bond acceptors (Lipinski definition) is 6. The van der Waals surface area contributed by atoms with E-state index in [1.807, 2.05) is 12.1 Å². The Morgan fingerprint density at radius 1 is 1.25 bits per heavy atom. The number of fused-ring (bicyclic) bond motifs is 2. The quantitative estimate of drug-likeness (QED) is 0.261. The molecule has 4 aromatic rings. The van der Waals surface area contributed by atoms with Crippen molar-refractivity contribution in [2.75, 3.05) is 13.1 Å². The molecule has 11 heteroatoms. The highest BCUT2D eigenvalue weighted by molar-refractivity contribution is 6.31. The molecule has 3 heterocycles. The number of likely N-dealkylation sites (tertiary alicyclic amines) is 1. The van der Waals surface area contributed by atoms with Crippen LogP contribution in [0.15, 0.2) is 36.4 Å². The van der Waals surface area contributed by atoms with E-state index in [2.05, 4.69) is 39.2 Å². The number of rotatable bonds is 6. The number of hydrogen-bond donors (Lipinski definition) is 3. The minimum Gasteiger partial charge on any atom is -0.449 e. The zero-order valence-corrected chi connectivity index (χ0v) is 20.7. The third kappa shape index (κ3) is 4.74. The fraction of sp³-hybridized carbons (Fsp3) is 0.360. The molecule has 2 aromatic heterocycles. The van der Waals surface area contributed by atoms with E-state index in [1.54, 1.807) is 22.8 Å². The van der Waals surface area contributed by atoms with Gasteiger partial charge in [-0.3, -0.25) is 9.89 Å². The van der Waals surface area contributed by atoms with Crippen molar-refractivity contribution in [2.24, 2.45) is 0 Å². The second-order valence-electron chi connectivity index (χ2n) is 9.25. The van der Waals surface area contributed by atoms with Crippen LogP contribution in [-0.2, 0) is 6.54 Å². The van der Waals surface area contributed by atoms with E-state index in [-0.39, 0.29) is 30.1 Å². The maximum atomic E-state index is 13.5. The lowest BCUT2D eigenvalue weighted by Gasteiger charge is -2.34. The van der Waals surface area contributed by atoms with Gasteiger partial charge >= 0.3 is 6.16 Å². The third-order valence-corrected chi connectivity index (χ3v) is 6.88. The molecule has 3 N–H and O–H groups in total. The smallest absolute Gasteiger partial charge is 0.449 e. The number of H-pyrrole nitrogens is 1. The maximum Gasteiger partial charge on any atom is 0.511 e. The van der Waals surface area contributed by atoms with Crippen LogP contribution in [-0.4, -0.2) is 67.0 Å². The average Bonchev–Trinajstić information content (AvgIpc) is 3.41. The van der Waals surface area contributed by atoms with Gasteiger partial charge in [0.05, 0.1) is 23.3 Å². The molecule has 0 saturated carbocycles. The Hall–Kier alpha value is -3.63. The number of para-hydroxylation sites is 1. The van der Waals surface area contributed by atoms with Crippen molar-refractivity contribution in [1.82, 2.24) is 30.0 Å². The van der Waals surface area contributed by atoms with Gasteiger partial charge in [0.1, 0.15) is 5.52 Å². The fourth-order valence-electron chi connectivity index (χ4n) is 4.76. The molecular weight excluding hydrogens is 484 g/mol. The SMILES string of the molecule is CC(C)N1CCC(NC(=O)c2nc3c(OC(=O)O)cccc3n2Cc2[nH]nc3ccc(Cl)cc23)CC1. The first-order valence-corrected chi connectivity index (χ1v) is 12.3. The molecule has 188 valence electrons. The molecule has 36 heavy (non-hydrogen) atoms. The zero-order valence-electron chi connectivity index (χ0n) is 20.0. The van der Waals surface area contributed by atoms with Gasteiger partial charge in [-0.1, -0.05) is 17.7 Å². The van der Waals surface area contributed by atoms with E-state index in [0.717, 1.165) is 42.5 Å². The van der Waals surface area contributed by atoms with Crippen LogP contribution in [0.5, 0.6) is 5.75 Å². The summed E-state index contributed by atoms with van der Waals surface area (Å²) in [6.45, 7) is 6.42. The topological polar surface area (TPSA) is 125 Å². The van der Waals surface area contributed by atoms with Crippen LogP contribution in [0.4, 0.5) is 4.79 Å². The van der Waals surface area contributed by atoms with Gasteiger partial charge in [-0.05, 0) is 57.0 Å². The predicted octanol–water partition coefficient (Wildman–Crippen LogP) is 4.27. The van der Waals surface area contributed by atoms with Gasteiger partial charge in [0.2, 0.25) is 5.82 Å². The summed E-state index contributed by atoms with van der Waals surface area (Å²) in [6.07, 6.45) is 0.247. The van der Waals surface area contributed by atoms with Crippen LogP contribution in [0.3, 0.4) is 0 Å². The van der Waals surface area contributed by atoms with Crippen molar-refractivity contribution < 1.29 is 19.4 Å². The number of carbonyl (C=O) groups excluding carboxylic acids is 1. The Morgan fingerprint density at radius 3 is 2.75 bits per heavy atom. The normalized spacial score (nSPS) is 15.1. The van der Waals surface area contributed by atoms with Gasteiger partial charge < -0.3 is 24.6 Å². The van der Waals surface area contributed by atoms with E-state index >= 15 is 0 Å². The summed E-state index contributed by atoms with van der Waals surface area (Å²) in [4.78, 5) is 31.7. The molecule has 1 aliphatic heterocycles. The molecule has 0 radical (unpaired) electrons. The molecule has 1 fully saturated rings. The van der Waals surface area contributed by atoms with Crippen LogP contribution in [0.1, 0.15) is 43.0 Å². The van der Waals surface area contributed by atoms with Crippen molar-refractivity contribution in [3.05, 3.63) is 52.9 Å². The predicted molar refractivity (Wildman–Crippen MR) is 136 cm³/mol. The summed E-state index contributed by atoms with van der Waals surface area (Å²) in [5, 5.41) is 21.1. The molecule has 0 unspecified atom stereocenters. The van der Waals surface area contributed by atoms with E-state index in [4.69, 9.17) is 16.3 Å². The number of carbonyl (C=O) groups is 2. The number of nitrogens with one attached hydrogen (secondary N) is 2. The number of amides is 1. The molecule has 1 aliphatic rings. The highest BCUT2D eigenvalue weighted by Crippen LogP contribution is 2.29. The number of piperidine rings is 1. The number of aromatic nitrogens is 4. The molecule has 0 spiro atoms. The van der Waals surface area contributed by atoms with E-state index < -0.39 is 6.16 Å². The van der Waals surface area contributed by atoms with Crippen LogP contribution in [0.25, 0.3) is 21.9 Å². The van der Waals surface area contributed by atoms with Crippen LogP contribution in [0.2, 0.25) is 5.02 Å². The Morgan fingerprint density at radius 2 is 2.03 bits per heavy atom. The highest BCUT2D eigenvalue weighted by Gasteiger charge is 2.26. The Balaban J connectivity index is 1.51. The second-order valence-corrected chi connectivity index (χ2v) is 9.69. The van der Waals surface area contributed by atoms with Crippen LogP contribution in [0, 0.1) is 0 Å². The van der Waals surface area contributed by atoms with Crippen molar-refractivity contribution >= 4 is 45.6 Å². The molecule has 5 rings (SSSR count). The number of carboxylic acid groups (broad SMARTS) is 1. The number of imidazole rings is 1. The maximum absolute atomic E-state index is 13.5. The summed E-state index contributed by atoms with van der Waals surface area (Å²) in [6, 6.07) is 10.9. The third-order valence-electron chi connectivity index (χ3n) is 6.65. The first-order valence-electron chi connectivity index (χ1n) is 11.9. The molecule has 2 aromatic carbocycles. The lowest BCUT2D eigenvalue weighted by atomic mass is 10.0. The monoisotopic (exact) mass is 510 g/mol. The highest BCUT2D eigenvalue weighted by atomic mass is 35.5. The van der Waals surface area contributed by atoms with E-state index in [9.17, 15) is 14.7 Å². The zero-order chi connectivity index (χ0) is 25.4. The average molecular weight is 511 g/mol. The van der Waals surface area contributed by atoms with Gasteiger partial charge in [0.25, 0.3) is 5.91 Å². The first kappa shape index (κ1) is 24.1. The second kappa shape index (κ2) is 9.79. The Labute approximate surface area is 212 Å². The summed E-state index contributed by atoms with van der Waals surface area (Å²) in [7, 11) is 0. The first-order chi connectivity index (χ1) is 17.3. The number of ether oxygens (including phenoxy) is 1. The van der Waals surface area contributed by atoms with Gasteiger partial charge in [-0.15, -0.1) is 0 Å². The molecule has 1 saturated heterocycles. The van der Waals surface area contributed by atoms with Gasteiger partial charge in [-0.25, -0.2) is 9.78 Å². The number of nitrogens with zero attached hydrogens (tertiary/aromatic N) is 4. The molecule has 10 nitrogen and oxygen atoms in total. The van der Waals surface area contributed by atoms with Crippen molar-refractivity contribution in [2.45, 2.75) is 45.3 Å². The van der Waals surface area contributed by atoms with E-state index in [0.29, 0.717) is 22.1 Å². The Kier molecular flexibility index (Phi) is 6.55. The van der Waals surface area contributed by atoms with Gasteiger partial charge in [0.15, 0.2) is 5.75 Å². The van der Waals surface area contributed by atoms with Gasteiger partial charge in [-0.2, -0.15) is 5.10 Å². The molecular formula is C25H27ClN6O4. The molecule has 0 atom stereocenters. The molecule has 0 aliphatic carbocycles. The van der Waals surface area contributed by atoms with Crippen molar-refractivity contribution in [3.63, 3.8) is 0 Å². The Bertz CT molecular complexity index is 1440. The number of benzene rings is 2. The van der Waals surface area contributed by atoms with Crippen molar-refractivity contribution in [3.8, 4) is 5.75 Å². The lowest BCUT2D eigenvalue weighted by Crippen LogP contribution is -2.47. The molecule has 1 amide bonds. The minimum atomic E-state index is -1.45. The van der Waals surface area contributed by atoms with Crippen molar-refractivity contribution in [1.29, 1.82) is 0 Å². The number of aromatic amines is 1. The summed E-state index contributed by atoms with van der Waals surface area (Å²) in [5.74, 6) is -0.0876. The summed E-state index contributed by atoms with van der Waals surface area (Å²) >= 11 is 6.21. The van der Waals surface area contributed by atoms with E-state index in [1.165, 1.54) is 6.07 Å². The van der Waals surface area contributed by atoms with Gasteiger partial charge in [0, 0.05) is 35.6 Å². The standard InChI is InChI=1S/C25H27ClN6O4/c1-14(2)31-10-8-16(9-11-31)27-24(33)23-28-22-20(4-3-5-21(22)36-25(34)35)32(23)13-19-17-12-15(26)6-7-18(17)29-30-19/h3-7,12,14,16H,8-11,13H2,1-2H3,(H,27,33)(H,29,30)(H,34,35). The molecule has 0 bridgehead atoms.